The molecule has 136 valence electrons. The molecule has 0 amide bonds. The van der Waals surface area contributed by atoms with Crippen molar-refractivity contribution in [1.29, 1.82) is 0 Å². The first-order valence-electron chi connectivity index (χ1n) is 9.27. The van der Waals surface area contributed by atoms with Crippen molar-refractivity contribution in [3.05, 3.63) is 44.4 Å². The molecule has 0 unspecified atom stereocenters. The SMILES string of the molecule is CCn1nc(C)c(CN2CCc3nc(C(C)C)[nH]c(=O)c3CC2)c1C. The smallest absolute Gasteiger partial charge is 0.254 e. The number of nitrogens with zero attached hydrogens (tertiary/aromatic N) is 4. The van der Waals surface area contributed by atoms with E-state index in [1.165, 1.54) is 11.3 Å². The Kier molecular flexibility index (Phi) is 5.08. The van der Waals surface area contributed by atoms with E-state index in [0.29, 0.717) is 0 Å². The summed E-state index contributed by atoms with van der Waals surface area (Å²) in [6.45, 7) is 14.1. The average molecular weight is 343 g/mol. The number of rotatable bonds is 4. The number of aryl methyl sites for hydroxylation is 2. The number of aromatic amines is 1. The third-order valence-electron chi connectivity index (χ3n) is 5.22. The summed E-state index contributed by atoms with van der Waals surface area (Å²) in [5.41, 5.74) is 5.57. The molecule has 0 bridgehead atoms. The van der Waals surface area contributed by atoms with Gasteiger partial charge in [-0.25, -0.2) is 4.98 Å². The van der Waals surface area contributed by atoms with Gasteiger partial charge in [0.25, 0.3) is 5.56 Å². The Labute approximate surface area is 149 Å². The van der Waals surface area contributed by atoms with E-state index in [-0.39, 0.29) is 11.5 Å². The second-order valence-electron chi connectivity index (χ2n) is 7.27. The molecule has 3 rings (SSSR count). The van der Waals surface area contributed by atoms with Crippen LogP contribution in [0.4, 0.5) is 0 Å². The summed E-state index contributed by atoms with van der Waals surface area (Å²) in [6, 6.07) is 0. The Morgan fingerprint density at radius 1 is 1.20 bits per heavy atom. The Balaban J connectivity index is 1.80. The Bertz CT molecular complexity index is 818. The highest BCUT2D eigenvalue weighted by Crippen LogP contribution is 2.19. The van der Waals surface area contributed by atoms with Crippen LogP contribution in [-0.4, -0.2) is 37.7 Å². The zero-order valence-electron chi connectivity index (χ0n) is 16.0. The number of hydrogen-bond donors (Lipinski definition) is 1. The van der Waals surface area contributed by atoms with Gasteiger partial charge in [-0.15, -0.1) is 0 Å². The van der Waals surface area contributed by atoms with Crippen molar-refractivity contribution in [3.63, 3.8) is 0 Å². The fourth-order valence-electron chi connectivity index (χ4n) is 3.60. The fraction of sp³-hybridized carbons (Fsp3) is 0.632. The largest absolute Gasteiger partial charge is 0.310 e. The van der Waals surface area contributed by atoms with Crippen LogP contribution in [0.2, 0.25) is 0 Å². The van der Waals surface area contributed by atoms with Crippen LogP contribution >= 0.6 is 0 Å². The van der Waals surface area contributed by atoms with E-state index in [0.717, 1.165) is 61.8 Å². The van der Waals surface area contributed by atoms with Gasteiger partial charge in [0.1, 0.15) is 5.82 Å². The van der Waals surface area contributed by atoms with Crippen LogP contribution in [0.5, 0.6) is 0 Å². The zero-order valence-corrected chi connectivity index (χ0v) is 16.0. The van der Waals surface area contributed by atoms with Gasteiger partial charge in [0.05, 0.1) is 11.4 Å². The highest BCUT2D eigenvalue weighted by molar-refractivity contribution is 5.25. The van der Waals surface area contributed by atoms with E-state index >= 15 is 0 Å². The number of H-pyrrole nitrogens is 1. The van der Waals surface area contributed by atoms with E-state index in [1.54, 1.807) is 0 Å². The van der Waals surface area contributed by atoms with Crippen LogP contribution in [0.1, 0.15) is 60.7 Å². The van der Waals surface area contributed by atoms with Gasteiger partial charge in [-0.3, -0.25) is 14.4 Å². The van der Waals surface area contributed by atoms with Gasteiger partial charge in [0, 0.05) is 55.3 Å². The molecule has 0 saturated heterocycles. The summed E-state index contributed by atoms with van der Waals surface area (Å²) in [4.78, 5) is 22.5. The van der Waals surface area contributed by atoms with Crippen molar-refractivity contribution in [3.8, 4) is 0 Å². The van der Waals surface area contributed by atoms with Gasteiger partial charge in [-0.2, -0.15) is 5.10 Å². The van der Waals surface area contributed by atoms with Gasteiger partial charge >= 0.3 is 0 Å². The van der Waals surface area contributed by atoms with E-state index in [2.05, 4.69) is 54.3 Å². The molecule has 0 saturated carbocycles. The van der Waals surface area contributed by atoms with Crippen LogP contribution in [-0.2, 0) is 25.9 Å². The number of fused-ring (bicyclic) bond motifs is 1. The van der Waals surface area contributed by atoms with E-state index in [9.17, 15) is 4.79 Å². The highest BCUT2D eigenvalue weighted by Gasteiger charge is 2.21. The van der Waals surface area contributed by atoms with Crippen molar-refractivity contribution in [2.45, 2.75) is 66.5 Å². The molecule has 2 aromatic rings. The molecule has 2 aromatic heterocycles. The molecule has 0 spiro atoms. The van der Waals surface area contributed by atoms with Crippen molar-refractivity contribution < 1.29 is 0 Å². The molecule has 0 atom stereocenters. The average Bonchev–Trinajstić information content (AvgIpc) is 2.74. The molecule has 6 nitrogen and oxygen atoms in total. The lowest BCUT2D eigenvalue weighted by molar-refractivity contribution is 0.277. The molecule has 1 aliphatic heterocycles. The van der Waals surface area contributed by atoms with Crippen molar-refractivity contribution in [1.82, 2.24) is 24.6 Å². The lowest BCUT2D eigenvalue weighted by Gasteiger charge is -2.19. The molecule has 0 aliphatic carbocycles. The Morgan fingerprint density at radius 3 is 2.56 bits per heavy atom. The molecule has 0 radical (unpaired) electrons. The van der Waals surface area contributed by atoms with Gasteiger partial charge in [-0.1, -0.05) is 13.8 Å². The third kappa shape index (κ3) is 3.54. The molecule has 25 heavy (non-hydrogen) atoms. The summed E-state index contributed by atoms with van der Waals surface area (Å²) >= 11 is 0. The van der Waals surface area contributed by atoms with Gasteiger partial charge in [0.2, 0.25) is 0 Å². The number of nitrogens with one attached hydrogen (secondary N) is 1. The van der Waals surface area contributed by atoms with Crippen LogP contribution < -0.4 is 5.56 Å². The monoisotopic (exact) mass is 343 g/mol. The van der Waals surface area contributed by atoms with Crippen LogP contribution in [0.15, 0.2) is 4.79 Å². The van der Waals surface area contributed by atoms with Crippen LogP contribution in [0, 0.1) is 13.8 Å². The summed E-state index contributed by atoms with van der Waals surface area (Å²) in [6.07, 6.45) is 1.59. The predicted molar refractivity (Wildman–Crippen MR) is 99.0 cm³/mol. The van der Waals surface area contributed by atoms with Gasteiger partial charge in [0.15, 0.2) is 0 Å². The number of hydrogen-bond acceptors (Lipinski definition) is 4. The molecule has 0 aromatic carbocycles. The van der Waals surface area contributed by atoms with Crippen molar-refractivity contribution >= 4 is 0 Å². The third-order valence-corrected chi connectivity index (χ3v) is 5.22. The minimum Gasteiger partial charge on any atom is -0.310 e. The summed E-state index contributed by atoms with van der Waals surface area (Å²) in [5.74, 6) is 1.04. The molecular weight excluding hydrogens is 314 g/mol. The second kappa shape index (κ2) is 7.12. The summed E-state index contributed by atoms with van der Waals surface area (Å²) < 4.78 is 2.07. The summed E-state index contributed by atoms with van der Waals surface area (Å²) in [7, 11) is 0. The topological polar surface area (TPSA) is 66.8 Å². The van der Waals surface area contributed by atoms with E-state index in [4.69, 9.17) is 4.98 Å². The minimum absolute atomic E-state index is 0.0433. The maximum absolute atomic E-state index is 12.4. The number of aromatic nitrogens is 4. The normalized spacial score (nSPS) is 15.4. The standard InChI is InChI=1S/C19H29N5O/c1-6-24-14(5)16(13(4)22-24)11-23-9-7-15-17(8-10-23)20-18(12(2)3)21-19(15)25/h12H,6-11H2,1-5H3,(H,20,21,25). The van der Waals surface area contributed by atoms with Crippen molar-refractivity contribution in [2.24, 2.45) is 0 Å². The van der Waals surface area contributed by atoms with E-state index < -0.39 is 0 Å². The van der Waals surface area contributed by atoms with Crippen molar-refractivity contribution in [2.75, 3.05) is 13.1 Å². The predicted octanol–water partition coefficient (Wildman–Crippen LogP) is 2.33. The molecular formula is C19H29N5O. The zero-order chi connectivity index (χ0) is 18.1. The van der Waals surface area contributed by atoms with Crippen LogP contribution in [0.3, 0.4) is 0 Å². The molecule has 6 heteroatoms. The molecule has 3 heterocycles. The molecule has 1 N–H and O–H groups in total. The summed E-state index contributed by atoms with van der Waals surface area (Å²) in [5, 5.41) is 4.62. The molecule has 1 aliphatic rings. The van der Waals surface area contributed by atoms with E-state index in [1.807, 2.05) is 0 Å². The highest BCUT2D eigenvalue weighted by atomic mass is 16.1. The quantitative estimate of drug-likeness (QED) is 0.925. The first kappa shape index (κ1) is 17.9. The lowest BCUT2D eigenvalue weighted by Crippen LogP contribution is -2.27. The first-order valence-corrected chi connectivity index (χ1v) is 9.27. The Morgan fingerprint density at radius 2 is 1.92 bits per heavy atom. The Hall–Kier alpha value is -1.95. The second-order valence-corrected chi connectivity index (χ2v) is 7.27. The maximum Gasteiger partial charge on any atom is 0.254 e. The maximum atomic E-state index is 12.4. The fourth-order valence-corrected chi connectivity index (χ4v) is 3.60. The van der Waals surface area contributed by atoms with Gasteiger partial charge < -0.3 is 4.98 Å². The molecule has 0 fully saturated rings. The van der Waals surface area contributed by atoms with Crippen LogP contribution in [0.25, 0.3) is 0 Å². The first-order chi connectivity index (χ1) is 11.9. The van der Waals surface area contributed by atoms with Gasteiger partial charge in [-0.05, 0) is 27.2 Å². The minimum atomic E-state index is 0.0433. The lowest BCUT2D eigenvalue weighted by atomic mass is 10.1.